The average molecular weight is 1300 g/mol. The number of rotatable bonds is 52. The second kappa shape index (κ2) is 48.6. The Morgan fingerprint density at radius 1 is 0.582 bits per heavy atom. The predicted molar refractivity (Wildman–Crippen MR) is 343 cm³/mol. The molecule has 0 aromatic carbocycles. The molecule has 3 aliphatic rings. The van der Waals surface area contributed by atoms with Crippen LogP contribution >= 0.6 is 0 Å². The van der Waals surface area contributed by atoms with Crippen LogP contribution in [-0.4, -0.2) is 215 Å². The molecule has 3 fully saturated rings. The van der Waals surface area contributed by atoms with Crippen molar-refractivity contribution in [3.05, 3.63) is 36.5 Å². The minimum Gasteiger partial charge on any atom is -0.477 e. The van der Waals surface area contributed by atoms with Crippen LogP contribution in [0.2, 0.25) is 0 Å². The summed E-state index contributed by atoms with van der Waals surface area (Å²) in [6.07, 6.45) is 20.8. The molecule has 0 saturated carbocycles. The molecule has 3 saturated heterocycles. The lowest BCUT2D eigenvalue weighted by Gasteiger charge is -2.50. The van der Waals surface area contributed by atoms with Crippen LogP contribution in [-0.2, 0) is 42.8 Å². The number of unbranched alkanes of at least 4 members (excludes halogenated alkanes) is 28. The molecule has 14 N–H and O–H groups in total. The molecule has 530 valence electrons. The quantitative estimate of drug-likeness (QED) is 0.0237. The average Bonchev–Trinajstić information content (AvgIpc) is 0.769. The molecule has 18 unspecified atom stereocenters. The molecule has 23 heteroatoms. The summed E-state index contributed by atoms with van der Waals surface area (Å²) in [7, 11) is 0. The third kappa shape index (κ3) is 31.1. The van der Waals surface area contributed by atoms with Crippen molar-refractivity contribution < 1.29 is 104 Å². The monoisotopic (exact) mass is 1300 g/mol. The first kappa shape index (κ1) is 82.2. The fraction of sp³-hybridized carbons (Fsp3) is 0.868. The van der Waals surface area contributed by atoms with Crippen molar-refractivity contribution in [3.63, 3.8) is 0 Å². The molecule has 0 bridgehead atoms. The number of amides is 2. The van der Waals surface area contributed by atoms with Gasteiger partial charge in [-0.05, 0) is 51.4 Å². The van der Waals surface area contributed by atoms with Gasteiger partial charge >= 0.3 is 5.97 Å². The normalized spacial score (nSPS) is 28.6. The maximum absolute atomic E-state index is 13.4. The minimum absolute atomic E-state index is 0.197. The zero-order valence-corrected chi connectivity index (χ0v) is 55.2. The van der Waals surface area contributed by atoms with Gasteiger partial charge in [0.15, 0.2) is 12.6 Å². The van der Waals surface area contributed by atoms with E-state index in [1.807, 2.05) is 6.08 Å². The number of hydrogen-bond acceptors (Lipinski definition) is 20. The highest BCUT2D eigenvalue weighted by Crippen LogP contribution is 2.39. The summed E-state index contributed by atoms with van der Waals surface area (Å²) >= 11 is 0. The fourth-order valence-electron chi connectivity index (χ4n) is 12.0. The van der Waals surface area contributed by atoms with Gasteiger partial charge in [0.2, 0.25) is 11.8 Å². The zero-order chi connectivity index (χ0) is 66.8. The number of aliphatic hydroxyl groups is 11. The third-order valence-corrected chi connectivity index (χ3v) is 17.6. The fourth-order valence-corrected chi connectivity index (χ4v) is 12.0. The van der Waals surface area contributed by atoms with Gasteiger partial charge < -0.3 is 100 Å². The first-order valence-corrected chi connectivity index (χ1v) is 34.9. The molecule has 0 spiro atoms. The summed E-state index contributed by atoms with van der Waals surface area (Å²) in [5.41, 5.74) is 0. The molecule has 0 radical (unpaired) electrons. The summed E-state index contributed by atoms with van der Waals surface area (Å²) < 4.78 is 34.7. The van der Waals surface area contributed by atoms with E-state index >= 15 is 0 Å². The van der Waals surface area contributed by atoms with Crippen molar-refractivity contribution in [2.24, 2.45) is 0 Å². The number of hydrogen-bond donors (Lipinski definition) is 14. The molecule has 3 rings (SSSR count). The van der Waals surface area contributed by atoms with Gasteiger partial charge in [0.05, 0.1) is 50.7 Å². The minimum atomic E-state index is -3.08. The maximum atomic E-state index is 13.4. The van der Waals surface area contributed by atoms with Crippen LogP contribution in [0, 0.1) is 0 Å². The summed E-state index contributed by atoms with van der Waals surface area (Å²) in [5.74, 6) is -6.15. The Balaban J connectivity index is 1.52. The first-order chi connectivity index (χ1) is 43.9. The van der Waals surface area contributed by atoms with Crippen molar-refractivity contribution in [2.75, 3.05) is 26.4 Å². The van der Waals surface area contributed by atoms with Gasteiger partial charge in [-0.25, -0.2) is 4.79 Å². The van der Waals surface area contributed by atoms with E-state index in [1.54, 1.807) is 6.08 Å². The van der Waals surface area contributed by atoms with Gasteiger partial charge in [0.25, 0.3) is 5.79 Å². The molecular formula is C68H122N2O21. The molecular weight excluding hydrogens is 1180 g/mol. The van der Waals surface area contributed by atoms with Gasteiger partial charge in [-0.15, -0.1) is 0 Å². The number of carbonyl (C=O) groups is 3. The number of nitrogens with one attached hydrogen (secondary N) is 2. The van der Waals surface area contributed by atoms with Gasteiger partial charge in [-0.2, -0.15) is 0 Å². The molecule has 3 aliphatic heterocycles. The van der Waals surface area contributed by atoms with Crippen molar-refractivity contribution in [2.45, 2.75) is 349 Å². The number of allylic oxidation sites excluding steroid dienone is 5. The molecule has 3 heterocycles. The van der Waals surface area contributed by atoms with Crippen LogP contribution in [0.15, 0.2) is 36.5 Å². The van der Waals surface area contributed by atoms with E-state index < -0.39 is 155 Å². The number of carbonyl (C=O) groups excluding carboxylic acids is 2. The van der Waals surface area contributed by atoms with Crippen LogP contribution in [0.25, 0.3) is 0 Å². The molecule has 0 aromatic rings. The van der Waals surface area contributed by atoms with E-state index in [-0.39, 0.29) is 12.3 Å². The van der Waals surface area contributed by atoms with Gasteiger partial charge in [-0.3, -0.25) is 9.59 Å². The van der Waals surface area contributed by atoms with Gasteiger partial charge in [-0.1, -0.05) is 204 Å². The maximum Gasteiger partial charge on any atom is 0.364 e. The Hall–Kier alpha value is -3.05. The Kier molecular flexibility index (Phi) is 43.9. The van der Waals surface area contributed by atoms with Crippen LogP contribution in [0.4, 0.5) is 0 Å². The van der Waals surface area contributed by atoms with Crippen LogP contribution in [0.5, 0.6) is 0 Å². The summed E-state index contributed by atoms with van der Waals surface area (Å²) in [5, 5.41) is 136. The summed E-state index contributed by atoms with van der Waals surface area (Å²) in [6, 6.07) is -2.62. The smallest absolute Gasteiger partial charge is 0.364 e. The largest absolute Gasteiger partial charge is 0.477 e. The molecule has 2 amide bonds. The van der Waals surface area contributed by atoms with Crippen LogP contribution < -0.4 is 10.6 Å². The summed E-state index contributed by atoms with van der Waals surface area (Å²) in [4.78, 5) is 38.5. The second-order valence-electron chi connectivity index (χ2n) is 25.4. The van der Waals surface area contributed by atoms with Crippen molar-refractivity contribution in [1.82, 2.24) is 10.6 Å². The number of carboxylic acid groups (broad SMARTS) is 1. The Morgan fingerprint density at radius 3 is 1.55 bits per heavy atom. The van der Waals surface area contributed by atoms with E-state index in [4.69, 9.17) is 28.4 Å². The van der Waals surface area contributed by atoms with Crippen molar-refractivity contribution in [1.29, 1.82) is 0 Å². The predicted octanol–water partition coefficient (Wildman–Crippen LogP) is 6.23. The Morgan fingerprint density at radius 2 is 1.07 bits per heavy atom. The lowest BCUT2D eigenvalue weighted by molar-refractivity contribution is -0.386. The zero-order valence-electron chi connectivity index (χ0n) is 55.2. The number of ether oxygens (including phenoxy) is 6. The number of carboxylic acids is 1. The summed E-state index contributed by atoms with van der Waals surface area (Å²) in [6.45, 7) is 2.09. The molecule has 0 aromatic heterocycles. The number of aliphatic hydroxyl groups excluding tert-OH is 11. The Labute approximate surface area is 542 Å². The van der Waals surface area contributed by atoms with E-state index in [0.717, 1.165) is 64.7 Å². The molecule has 23 nitrogen and oxygen atoms in total. The van der Waals surface area contributed by atoms with E-state index in [9.17, 15) is 75.7 Å². The molecule has 18 atom stereocenters. The first-order valence-electron chi connectivity index (χ1n) is 34.9. The van der Waals surface area contributed by atoms with Crippen LogP contribution in [0.1, 0.15) is 239 Å². The topological polar surface area (TPSA) is 373 Å². The van der Waals surface area contributed by atoms with Gasteiger partial charge in [0.1, 0.15) is 67.1 Å². The highest BCUT2D eigenvalue weighted by atomic mass is 16.8. The molecule has 91 heavy (non-hydrogen) atoms. The van der Waals surface area contributed by atoms with Crippen molar-refractivity contribution in [3.8, 4) is 0 Å². The van der Waals surface area contributed by atoms with E-state index in [2.05, 4.69) is 48.8 Å². The van der Waals surface area contributed by atoms with Crippen molar-refractivity contribution >= 4 is 17.8 Å². The van der Waals surface area contributed by atoms with E-state index in [1.165, 1.54) is 135 Å². The van der Waals surface area contributed by atoms with Crippen LogP contribution in [0.3, 0.4) is 0 Å². The highest BCUT2D eigenvalue weighted by Gasteiger charge is 2.60. The third-order valence-electron chi connectivity index (χ3n) is 17.6. The second-order valence-corrected chi connectivity index (χ2v) is 25.4. The lowest BCUT2D eigenvalue weighted by atomic mass is 9.88. The van der Waals surface area contributed by atoms with Gasteiger partial charge in [0, 0.05) is 19.8 Å². The standard InChI is InChI=1S/C68H122N2O21/c1-4-6-8-10-12-14-16-17-18-19-20-21-22-23-24-25-26-27-28-29-30-31-32-34-36-38-40-42-55(78)70-49(50(75)41-39-37-35-33-15-13-11-9-7-5-2)47-86-65-60(82)59(81)62(54(46-73)88-65)89-66-61(83)64(58(80)53(45-72)87-66)91-68(67(84)85)43-51(76)56(69-48(3)74)63(90-68)57(79)52(77)44-71/h20-21,23-24,39,41,49-54,56-66,71-73,75-77,79-83H,4-19,22,25-38,40,42-47H2,1-3H3,(H,69,74)(H,70,78)(H,84,85)/b21-20-,24-23-,41-39+. The number of aliphatic carboxylic acids is 1. The lowest BCUT2D eigenvalue weighted by Crippen LogP contribution is -2.70. The van der Waals surface area contributed by atoms with E-state index in [0.29, 0.717) is 12.8 Å². The SMILES string of the molecule is CCCCCCCCCC/C=C/C(O)C(COC1OC(CO)C(OC2OC(CO)C(O)C(OC3(C(=O)O)CC(O)C(NC(C)=O)C(C(O)C(O)CO)O3)C2O)C(O)C1O)NC(=O)CCCCCCCCCCCCC/C=C\C/C=C\CCCCCCCCCCC. The molecule has 0 aliphatic carbocycles. The highest BCUT2D eigenvalue weighted by molar-refractivity contribution is 5.77. The Bertz CT molecular complexity index is 1990.